The molecule has 0 spiro atoms. The van der Waals surface area contributed by atoms with E-state index < -0.39 is 0 Å². The maximum absolute atomic E-state index is 11.9. The van der Waals surface area contributed by atoms with Gasteiger partial charge in [0.1, 0.15) is 11.3 Å². The molecule has 1 aliphatic carbocycles. The number of hydrogen-bond donors (Lipinski definition) is 0. The number of carbonyl (C=O) groups is 1. The summed E-state index contributed by atoms with van der Waals surface area (Å²) >= 11 is 0. The van der Waals surface area contributed by atoms with Crippen LogP contribution in [0.25, 0.3) is 27.8 Å². The summed E-state index contributed by atoms with van der Waals surface area (Å²) in [6.07, 6.45) is 8.64. The minimum Gasteiger partial charge on any atom is -0.501 e. The van der Waals surface area contributed by atoms with Crippen LogP contribution in [0, 0.1) is 0 Å². The second kappa shape index (κ2) is 9.20. The first-order valence-electron chi connectivity index (χ1n) is 9.78. The Hall–Kier alpha value is -3.40. The van der Waals surface area contributed by atoms with E-state index in [1.54, 1.807) is 14.0 Å². The fourth-order valence-electron chi connectivity index (χ4n) is 3.17. The van der Waals surface area contributed by atoms with Crippen molar-refractivity contribution in [2.45, 2.75) is 27.2 Å². The molecule has 0 unspecified atom stereocenters. The molecule has 0 atom stereocenters. The third kappa shape index (κ3) is 4.37. The molecule has 0 saturated carbocycles. The van der Waals surface area contributed by atoms with Gasteiger partial charge in [-0.2, -0.15) is 0 Å². The summed E-state index contributed by atoms with van der Waals surface area (Å²) in [6.45, 7) is 5.58. The summed E-state index contributed by atoms with van der Waals surface area (Å²) in [5, 5.41) is 0. The van der Waals surface area contributed by atoms with Gasteiger partial charge in [0, 0.05) is 17.6 Å². The van der Waals surface area contributed by atoms with E-state index in [0.717, 1.165) is 34.4 Å². The molecule has 0 aliphatic heterocycles. The van der Waals surface area contributed by atoms with Gasteiger partial charge in [-0.05, 0) is 42.3 Å². The number of ketones is 1. The first kappa shape index (κ1) is 20.3. The molecule has 1 aliphatic rings. The molecule has 3 aromatic rings. The third-order valence-electron chi connectivity index (χ3n) is 4.56. The average Bonchev–Trinajstić information content (AvgIpc) is 3.03. The maximum Gasteiger partial charge on any atom is 0.227 e. The number of oxazole rings is 1. The van der Waals surface area contributed by atoms with Gasteiger partial charge in [0.2, 0.25) is 5.89 Å². The second-order valence-electron chi connectivity index (χ2n) is 6.37. The van der Waals surface area contributed by atoms with Gasteiger partial charge in [0.25, 0.3) is 0 Å². The van der Waals surface area contributed by atoms with Crippen molar-refractivity contribution in [3.05, 3.63) is 84.0 Å². The van der Waals surface area contributed by atoms with Crippen LogP contribution in [0.5, 0.6) is 0 Å². The second-order valence-corrected chi connectivity index (χ2v) is 6.37. The van der Waals surface area contributed by atoms with Gasteiger partial charge in [-0.25, -0.2) is 4.98 Å². The van der Waals surface area contributed by atoms with Crippen molar-refractivity contribution in [1.82, 2.24) is 4.98 Å². The number of nitrogens with zero attached hydrogens (tertiary/aromatic N) is 1. The number of allylic oxidation sites excluding steroid dienone is 5. The summed E-state index contributed by atoms with van der Waals surface area (Å²) in [5.74, 6) is 1.44. The number of ether oxygens (including phenoxy) is 1. The number of benzene rings is 2. The fraction of sp³-hybridized carbons (Fsp3) is 0.200. The molecule has 29 heavy (non-hydrogen) atoms. The zero-order valence-corrected chi connectivity index (χ0v) is 17.2. The zero-order valence-electron chi connectivity index (χ0n) is 17.2. The number of hydrogen-bond acceptors (Lipinski definition) is 4. The molecule has 0 fully saturated rings. The van der Waals surface area contributed by atoms with Crippen LogP contribution >= 0.6 is 0 Å². The van der Waals surface area contributed by atoms with Crippen molar-refractivity contribution in [2.24, 2.45) is 0 Å². The van der Waals surface area contributed by atoms with E-state index in [2.05, 4.69) is 4.98 Å². The van der Waals surface area contributed by atoms with Crippen LogP contribution in [0.15, 0.2) is 76.9 Å². The molecule has 4 nitrogen and oxygen atoms in total. The fourth-order valence-corrected chi connectivity index (χ4v) is 3.17. The number of carbonyl (C=O) groups excluding carboxylic acids is 1. The zero-order chi connectivity index (χ0) is 20.8. The molecule has 2 aromatic carbocycles. The van der Waals surface area contributed by atoms with Crippen molar-refractivity contribution in [2.75, 3.05) is 7.11 Å². The summed E-state index contributed by atoms with van der Waals surface area (Å²) in [5.41, 5.74) is 4.86. The molecule has 0 radical (unpaired) electrons. The average molecular weight is 387 g/mol. The minimum atomic E-state index is 0.0409. The summed E-state index contributed by atoms with van der Waals surface area (Å²) in [6, 6.07) is 13.4. The third-order valence-corrected chi connectivity index (χ3v) is 4.56. The predicted octanol–water partition coefficient (Wildman–Crippen LogP) is 6.60. The molecular weight excluding hydrogens is 362 g/mol. The van der Waals surface area contributed by atoms with Crippen molar-refractivity contribution in [3.63, 3.8) is 0 Å². The highest BCUT2D eigenvalue weighted by molar-refractivity contribution is 6.01. The van der Waals surface area contributed by atoms with Gasteiger partial charge < -0.3 is 9.15 Å². The van der Waals surface area contributed by atoms with Crippen molar-refractivity contribution < 1.29 is 13.9 Å². The molecule has 0 N–H and O–H groups in total. The predicted molar refractivity (Wildman–Crippen MR) is 118 cm³/mol. The normalized spacial score (nSPS) is 13.1. The number of Topliss-reactive ketones (excluding diaryl/α,β-unsaturated/α-hetero) is 1. The Morgan fingerprint density at radius 2 is 1.93 bits per heavy atom. The summed E-state index contributed by atoms with van der Waals surface area (Å²) in [7, 11) is 1.66. The van der Waals surface area contributed by atoms with E-state index in [1.165, 1.54) is 0 Å². The standard InChI is InChI=1S/C23H19NO3.C2H6/c1-15(25)19-9-5-6-10-20(19)16-11-12-22-21(14-16)24-23(27-22)17-7-3-4-8-18(13-17)26-2;1-2/h3-7,9-14H,8H2,1-2H3;1-2H3. The van der Waals surface area contributed by atoms with Gasteiger partial charge in [-0.1, -0.05) is 56.3 Å². The van der Waals surface area contributed by atoms with Crippen LogP contribution in [0.1, 0.15) is 43.4 Å². The van der Waals surface area contributed by atoms with E-state index in [-0.39, 0.29) is 5.78 Å². The monoisotopic (exact) mass is 387 g/mol. The number of fused-ring (bicyclic) bond motifs is 1. The SMILES string of the molecule is CC.COC1=CC(c2nc3cc(-c4ccccc4C(C)=O)ccc3o2)=CC=CC1. The first-order valence-corrected chi connectivity index (χ1v) is 9.78. The Labute approximate surface area is 171 Å². The van der Waals surface area contributed by atoms with Crippen molar-refractivity contribution in [3.8, 4) is 11.1 Å². The molecule has 148 valence electrons. The van der Waals surface area contributed by atoms with Crippen molar-refractivity contribution in [1.29, 1.82) is 0 Å². The maximum atomic E-state index is 11.9. The Morgan fingerprint density at radius 3 is 2.69 bits per heavy atom. The quantitative estimate of drug-likeness (QED) is 0.473. The van der Waals surface area contributed by atoms with Crippen molar-refractivity contribution >= 4 is 22.5 Å². The van der Waals surface area contributed by atoms with E-state index in [9.17, 15) is 4.79 Å². The summed E-state index contributed by atoms with van der Waals surface area (Å²) in [4.78, 5) is 16.6. The van der Waals surface area contributed by atoms with Crippen LogP contribution in [0.2, 0.25) is 0 Å². The van der Waals surface area contributed by atoms with E-state index >= 15 is 0 Å². The van der Waals surface area contributed by atoms with Gasteiger partial charge in [0.05, 0.1) is 7.11 Å². The molecule has 1 aromatic heterocycles. The van der Waals surface area contributed by atoms with Crippen LogP contribution in [0.3, 0.4) is 0 Å². The first-order chi connectivity index (χ1) is 14.2. The highest BCUT2D eigenvalue weighted by Gasteiger charge is 2.14. The summed E-state index contributed by atoms with van der Waals surface area (Å²) < 4.78 is 11.3. The van der Waals surface area contributed by atoms with E-state index in [1.807, 2.05) is 80.6 Å². The Kier molecular flexibility index (Phi) is 6.45. The topological polar surface area (TPSA) is 52.3 Å². The highest BCUT2D eigenvalue weighted by Crippen LogP contribution is 2.30. The molecule has 4 rings (SSSR count). The molecular formula is C25H25NO3. The van der Waals surface area contributed by atoms with E-state index in [0.29, 0.717) is 17.0 Å². The van der Waals surface area contributed by atoms with Gasteiger partial charge in [-0.15, -0.1) is 0 Å². The lowest BCUT2D eigenvalue weighted by molar-refractivity contribution is 0.101. The van der Waals surface area contributed by atoms with Crippen LogP contribution in [-0.2, 0) is 4.74 Å². The Bertz CT molecular complexity index is 1120. The lowest BCUT2D eigenvalue weighted by atomic mass is 9.97. The van der Waals surface area contributed by atoms with Gasteiger partial charge in [-0.3, -0.25) is 4.79 Å². The highest BCUT2D eigenvalue weighted by atomic mass is 16.5. The minimum absolute atomic E-state index is 0.0409. The van der Waals surface area contributed by atoms with Crippen LogP contribution in [0.4, 0.5) is 0 Å². The van der Waals surface area contributed by atoms with Gasteiger partial charge >= 0.3 is 0 Å². The molecule has 0 bridgehead atoms. The Balaban J connectivity index is 0.00000117. The Morgan fingerprint density at radius 1 is 1.14 bits per heavy atom. The van der Waals surface area contributed by atoms with Crippen LogP contribution < -0.4 is 0 Å². The smallest absolute Gasteiger partial charge is 0.227 e. The molecule has 4 heteroatoms. The number of aromatic nitrogens is 1. The van der Waals surface area contributed by atoms with E-state index in [4.69, 9.17) is 9.15 Å². The van der Waals surface area contributed by atoms with Crippen LogP contribution in [-0.4, -0.2) is 17.9 Å². The molecule has 0 amide bonds. The largest absolute Gasteiger partial charge is 0.501 e. The van der Waals surface area contributed by atoms with Gasteiger partial charge in [0.15, 0.2) is 11.4 Å². The molecule has 1 heterocycles. The lowest BCUT2D eigenvalue weighted by Crippen LogP contribution is -1.95. The number of methoxy groups -OCH3 is 1. The number of rotatable bonds is 4. The molecule has 0 saturated heterocycles. The lowest BCUT2D eigenvalue weighted by Gasteiger charge is -2.06.